The average Bonchev–Trinajstić information content (AvgIpc) is 3.42. The molecule has 3 rings (SSSR count). The maximum absolute atomic E-state index is 13.8. The van der Waals surface area contributed by atoms with Crippen LogP contribution in [0, 0.1) is 5.82 Å². The van der Waals surface area contributed by atoms with Crippen molar-refractivity contribution >= 4 is 5.91 Å². The molecule has 126 valence electrons. The van der Waals surface area contributed by atoms with Crippen molar-refractivity contribution in [1.82, 2.24) is 10.2 Å². The van der Waals surface area contributed by atoms with Crippen LogP contribution in [0.2, 0.25) is 0 Å². The Morgan fingerprint density at radius 3 is 2.50 bits per heavy atom. The number of amides is 1. The number of hydrogen-bond donors (Lipinski definition) is 1. The topological polar surface area (TPSA) is 32.3 Å². The normalized spacial score (nSPS) is 13.9. The minimum Gasteiger partial charge on any atom is -0.355 e. The van der Waals surface area contributed by atoms with Crippen molar-refractivity contribution in [3.05, 3.63) is 71.5 Å². The van der Waals surface area contributed by atoms with Crippen molar-refractivity contribution in [2.75, 3.05) is 13.1 Å². The van der Waals surface area contributed by atoms with Gasteiger partial charge in [-0.3, -0.25) is 9.69 Å². The molecule has 1 N–H and O–H groups in total. The van der Waals surface area contributed by atoms with Gasteiger partial charge in [-0.2, -0.15) is 0 Å². The molecule has 24 heavy (non-hydrogen) atoms. The second-order valence-electron chi connectivity index (χ2n) is 6.31. The van der Waals surface area contributed by atoms with Gasteiger partial charge in [0.25, 0.3) is 0 Å². The zero-order valence-electron chi connectivity index (χ0n) is 13.7. The van der Waals surface area contributed by atoms with Gasteiger partial charge in [0, 0.05) is 24.7 Å². The first-order valence-corrected chi connectivity index (χ1v) is 8.50. The molecule has 2 aromatic rings. The Hall–Kier alpha value is -2.20. The molecule has 0 atom stereocenters. The molecule has 2 aromatic carbocycles. The lowest BCUT2D eigenvalue weighted by Crippen LogP contribution is -2.39. The van der Waals surface area contributed by atoms with Crippen LogP contribution >= 0.6 is 0 Å². The third-order valence-corrected chi connectivity index (χ3v) is 4.32. The molecule has 1 amide bonds. The van der Waals surface area contributed by atoms with Gasteiger partial charge in [0.1, 0.15) is 5.82 Å². The molecule has 0 radical (unpaired) electrons. The van der Waals surface area contributed by atoms with E-state index in [0.717, 1.165) is 19.3 Å². The molecule has 1 fully saturated rings. The SMILES string of the molecule is O=C(CN(Cc1ccccc1F)C1CC1)NCCc1ccccc1. The standard InChI is InChI=1S/C20H23FN2O/c21-19-9-5-4-8-17(19)14-23(18-10-11-18)15-20(24)22-13-12-16-6-2-1-3-7-16/h1-9,18H,10-15H2,(H,22,24). The van der Waals surface area contributed by atoms with Gasteiger partial charge in [0.15, 0.2) is 0 Å². The summed E-state index contributed by atoms with van der Waals surface area (Å²) in [5.74, 6) is -0.193. The van der Waals surface area contributed by atoms with Crippen LogP contribution in [-0.4, -0.2) is 29.9 Å². The lowest BCUT2D eigenvalue weighted by molar-refractivity contribution is -0.122. The molecule has 3 nitrogen and oxygen atoms in total. The summed E-state index contributed by atoms with van der Waals surface area (Å²) in [7, 11) is 0. The first-order valence-electron chi connectivity index (χ1n) is 8.50. The molecule has 1 aliphatic rings. The van der Waals surface area contributed by atoms with E-state index < -0.39 is 0 Å². The van der Waals surface area contributed by atoms with E-state index >= 15 is 0 Å². The van der Waals surface area contributed by atoms with Crippen molar-refractivity contribution in [2.24, 2.45) is 0 Å². The molecule has 0 heterocycles. The van der Waals surface area contributed by atoms with E-state index in [0.29, 0.717) is 31.2 Å². The number of rotatable bonds is 8. The quantitative estimate of drug-likeness (QED) is 0.808. The molecular weight excluding hydrogens is 303 g/mol. The van der Waals surface area contributed by atoms with Crippen LogP contribution in [0.15, 0.2) is 54.6 Å². The van der Waals surface area contributed by atoms with Crippen molar-refractivity contribution in [3.8, 4) is 0 Å². The summed E-state index contributed by atoms with van der Waals surface area (Å²) < 4.78 is 13.8. The third-order valence-electron chi connectivity index (χ3n) is 4.32. The second kappa shape index (κ2) is 8.06. The maximum Gasteiger partial charge on any atom is 0.234 e. The van der Waals surface area contributed by atoms with Crippen molar-refractivity contribution in [2.45, 2.75) is 31.8 Å². The van der Waals surface area contributed by atoms with Crippen LogP contribution in [0.4, 0.5) is 4.39 Å². The molecular formula is C20H23FN2O. The largest absolute Gasteiger partial charge is 0.355 e. The van der Waals surface area contributed by atoms with Crippen molar-refractivity contribution < 1.29 is 9.18 Å². The Bertz CT molecular complexity index is 670. The van der Waals surface area contributed by atoms with Crippen molar-refractivity contribution in [1.29, 1.82) is 0 Å². The Morgan fingerprint density at radius 2 is 1.79 bits per heavy atom. The van der Waals surface area contributed by atoms with Crippen LogP contribution in [0.1, 0.15) is 24.0 Å². The summed E-state index contributed by atoms with van der Waals surface area (Å²) in [6.07, 6.45) is 3.00. The van der Waals surface area contributed by atoms with E-state index in [1.807, 2.05) is 24.3 Å². The molecule has 1 saturated carbocycles. The number of carbonyl (C=O) groups is 1. The van der Waals surface area contributed by atoms with Gasteiger partial charge in [-0.1, -0.05) is 48.5 Å². The first kappa shape index (κ1) is 16.7. The minimum atomic E-state index is -0.201. The highest BCUT2D eigenvalue weighted by atomic mass is 19.1. The van der Waals surface area contributed by atoms with Crippen LogP contribution < -0.4 is 5.32 Å². The highest BCUT2D eigenvalue weighted by Gasteiger charge is 2.30. The summed E-state index contributed by atoms with van der Waals surface area (Å²) in [5, 5.41) is 2.97. The fourth-order valence-corrected chi connectivity index (χ4v) is 2.83. The smallest absolute Gasteiger partial charge is 0.234 e. The second-order valence-corrected chi connectivity index (χ2v) is 6.31. The Morgan fingerprint density at radius 1 is 1.08 bits per heavy atom. The molecule has 1 aliphatic carbocycles. The van der Waals surface area contributed by atoms with Crippen LogP contribution in [-0.2, 0) is 17.8 Å². The highest BCUT2D eigenvalue weighted by Crippen LogP contribution is 2.28. The summed E-state index contributed by atoms with van der Waals surface area (Å²) in [5.41, 5.74) is 1.87. The van der Waals surface area contributed by atoms with Gasteiger partial charge >= 0.3 is 0 Å². The van der Waals surface area contributed by atoms with Gasteiger partial charge in [0.05, 0.1) is 6.54 Å². The first-order chi connectivity index (χ1) is 11.7. The van der Waals surface area contributed by atoms with Gasteiger partial charge in [0.2, 0.25) is 5.91 Å². The number of hydrogen-bond acceptors (Lipinski definition) is 2. The van der Waals surface area contributed by atoms with E-state index in [2.05, 4.69) is 22.3 Å². The minimum absolute atomic E-state index is 0.00849. The zero-order chi connectivity index (χ0) is 16.8. The van der Waals surface area contributed by atoms with E-state index in [1.165, 1.54) is 11.6 Å². The van der Waals surface area contributed by atoms with Gasteiger partial charge in [-0.25, -0.2) is 4.39 Å². The monoisotopic (exact) mass is 326 g/mol. The number of nitrogens with zero attached hydrogens (tertiary/aromatic N) is 1. The van der Waals surface area contributed by atoms with Gasteiger partial charge in [-0.15, -0.1) is 0 Å². The number of carbonyl (C=O) groups excluding carboxylic acids is 1. The predicted octanol–water partition coefficient (Wildman–Crippen LogP) is 3.15. The van der Waals surface area contributed by atoms with E-state index in [4.69, 9.17) is 0 Å². The van der Waals surface area contributed by atoms with Crippen LogP contribution in [0.25, 0.3) is 0 Å². The molecule has 0 saturated heterocycles. The lowest BCUT2D eigenvalue weighted by atomic mass is 10.1. The maximum atomic E-state index is 13.8. The van der Waals surface area contributed by atoms with Crippen LogP contribution in [0.3, 0.4) is 0 Å². The number of halogens is 1. The number of benzene rings is 2. The fraction of sp³-hybridized carbons (Fsp3) is 0.350. The highest BCUT2D eigenvalue weighted by molar-refractivity contribution is 5.78. The Kier molecular flexibility index (Phi) is 5.59. The predicted molar refractivity (Wildman–Crippen MR) is 93.0 cm³/mol. The zero-order valence-corrected chi connectivity index (χ0v) is 13.7. The Labute approximate surface area is 142 Å². The van der Waals surface area contributed by atoms with Crippen LogP contribution in [0.5, 0.6) is 0 Å². The molecule has 4 heteroatoms. The molecule has 0 spiro atoms. The van der Waals surface area contributed by atoms with Gasteiger partial charge < -0.3 is 5.32 Å². The molecule has 0 unspecified atom stereocenters. The third kappa shape index (κ3) is 4.90. The summed E-state index contributed by atoms with van der Waals surface area (Å²) in [6, 6.07) is 17.3. The average molecular weight is 326 g/mol. The lowest BCUT2D eigenvalue weighted by Gasteiger charge is -2.21. The van der Waals surface area contributed by atoms with Crippen molar-refractivity contribution in [3.63, 3.8) is 0 Å². The Balaban J connectivity index is 1.48. The van der Waals surface area contributed by atoms with E-state index in [9.17, 15) is 9.18 Å². The summed E-state index contributed by atoms with van der Waals surface area (Å²) in [6.45, 7) is 1.44. The van der Waals surface area contributed by atoms with E-state index in [1.54, 1.807) is 12.1 Å². The summed E-state index contributed by atoms with van der Waals surface area (Å²) >= 11 is 0. The van der Waals surface area contributed by atoms with Gasteiger partial charge in [-0.05, 0) is 30.9 Å². The molecule has 0 aromatic heterocycles. The molecule has 0 aliphatic heterocycles. The summed E-state index contributed by atoms with van der Waals surface area (Å²) in [4.78, 5) is 14.3. The number of nitrogens with one attached hydrogen (secondary N) is 1. The fourth-order valence-electron chi connectivity index (χ4n) is 2.83. The van der Waals surface area contributed by atoms with E-state index in [-0.39, 0.29) is 11.7 Å². The molecule has 0 bridgehead atoms.